The van der Waals surface area contributed by atoms with E-state index < -0.39 is 29.8 Å². The molecule has 0 radical (unpaired) electrons. The van der Waals surface area contributed by atoms with Gasteiger partial charge in [-0.25, -0.2) is 4.57 Å². The van der Waals surface area contributed by atoms with Crippen molar-refractivity contribution in [2.75, 3.05) is 46.2 Å². The molecule has 1 aromatic rings. The van der Waals surface area contributed by atoms with Gasteiger partial charge in [0.15, 0.2) is 0 Å². The van der Waals surface area contributed by atoms with Crippen molar-refractivity contribution in [3.8, 4) is 5.75 Å². The molecule has 17 nitrogen and oxygen atoms in total. The molecule has 1 unspecified atom stereocenters. The van der Waals surface area contributed by atoms with E-state index in [-0.39, 0.29) is 75.7 Å². The number of carbonyl (C=O) groups excluding carboxylic acids is 3. The van der Waals surface area contributed by atoms with E-state index in [0.717, 1.165) is 48.8 Å². The summed E-state index contributed by atoms with van der Waals surface area (Å²) in [6, 6.07) is 6.71. The average molecular weight is 1120 g/mol. The maximum Gasteiger partial charge on any atom is 0.500 e. The highest BCUT2D eigenvalue weighted by molar-refractivity contribution is 7.51. The smallest absolute Gasteiger partial charge is 0.500 e. The van der Waals surface area contributed by atoms with E-state index in [4.69, 9.17) is 37.3 Å². The second-order valence-corrected chi connectivity index (χ2v) is 29.0. The number of phenolic OH excluding ortho intramolecular Hbond substituents is 1. The SMILES string of the molecule is C.C.C.CC(C)(C)CCCOP(=O)(O)O.CC(C)(C)CCCOP(C)(=O)O.CC(C)(C)ON1C(=O)CCC1=O.CCO[Si](CCCNC(=O)C(C)(C)C)(OCC)OCC.Cc1ccc(CCCC(C)(C)C)cc1O. The largest absolute Gasteiger partial charge is 0.508 e. The number of hydrogen-bond donors (Lipinski definition) is 5. The average Bonchev–Trinajstić information content (AvgIpc) is 3.48. The minimum absolute atomic E-state index is 0. The number of aryl methyl sites for hydroxylation is 2. The molecule has 0 aromatic heterocycles. The van der Waals surface area contributed by atoms with Gasteiger partial charge in [0.2, 0.25) is 5.91 Å². The van der Waals surface area contributed by atoms with E-state index in [0.29, 0.717) is 50.6 Å². The molecular weight excluding hydrogens is 1010 g/mol. The first-order chi connectivity index (χ1) is 32.0. The van der Waals surface area contributed by atoms with Crippen LogP contribution in [0, 0.1) is 28.6 Å². The highest BCUT2D eigenvalue weighted by atomic mass is 31.2. The van der Waals surface area contributed by atoms with Crippen LogP contribution in [-0.4, -0.2) is 103 Å². The molecule has 1 aromatic carbocycles. The Morgan fingerprint density at radius 3 is 1.42 bits per heavy atom. The van der Waals surface area contributed by atoms with Gasteiger partial charge in [0.05, 0.1) is 18.8 Å². The number of phosphoric ester groups is 1. The number of rotatable bonds is 22. The van der Waals surface area contributed by atoms with Crippen LogP contribution in [0.25, 0.3) is 0 Å². The highest BCUT2D eigenvalue weighted by Crippen LogP contribution is 2.37. The lowest BCUT2D eigenvalue weighted by atomic mass is 9.89. The Labute approximate surface area is 453 Å². The number of hydroxylamine groups is 2. The first-order valence-electron chi connectivity index (χ1n) is 25.2. The summed E-state index contributed by atoms with van der Waals surface area (Å²) >= 11 is 0. The summed E-state index contributed by atoms with van der Waals surface area (Å²) < 4.78 is 47.2. The van der Waals surface area contributed by atoms with Crippen LogP contribution in [0.4, 0.5) is 0 Å². The van der Waals surface area contributed by atoms with Crippen molar-refractivity contribution in [2.45, 2.75) is 230 Å². The summed E-state index contributed by atoms with van der Waals surface area (Å²) in [5.74, 6) is 0.00195. The standard InChI is InChI=1S/C14H31NO4Si.C14H22O.C8H13NO3.C8H19O3P.C7H17O4P.3CH4/c1-7-17-20(18-8-2,19-9-3)12-10-11-15-13(16)14(4,5)6;1-11-7-8-12(10-13(11)15)6-5-9-14(2,3)4;1-8(2,3)12-9-6(10)4-5-7(9)11;1-8(2,3)6-5-7-11-12(4,9)10;1-7(2,3)5-4-6-11-12(8,9)10;;;/h7-12H2,1-6H3,(H,15,16);7-8,10,15H,5-6,9H2,1-4H3;4-5H2,1-3H3;5-7H2,1-4H3,(H,9,10);4-6H2,1-3H3,(H2,8,9,10);3*1H4. The molecule has 1 fully saturated rings. The van der Waals surface area contributed by atoms with E-state index in [2.05, 4.69) is 78.2 Å². The van der Waals surface area contributed by atoms with Crippen LogP contribution in [-0.2, 0) is 57.1 Å². The Morgan fingerprint density at radius 1 is 0.676 bits per heavy atom. The molecule has 0 bridgehead atoms. The zero-order chi connectivity index (χ0) is 56.1. The van der Waals surface area contributed by atoms with Gasteiger partial charge in [0, 0.05) is 57.3 Å². The van der Waals surface area contributed by atoms with Gasteiger partial charge < -0.3 is 42.9 Å². The van der Waals surface area contributed by atoms with Crippen molar-refractivity contribution >= 4 is 41.9 Å². The Balaban J connectivity index is -0.000000196. The lowest BCUT2D eigenvalue weighted by molar-refractivity contribution is -0.218. The van der Waals surface area contributed by atoms with Crippen LogP contribution in [0.3, 0.4) is 0 Å². The van der Waals surface area contributed by atoms with Gasteiger partial charge in [-0.2, -0.15) is 5.06 Å². The summed E-state index contributed by atoms with van der Waals surface area (Å²) in [5.41, 5.74) is 2.22. The molecular formula is C54H114N2O15P2Si. The molecule has 444 valence electrons. The first-order valence-corrected chi connectivity index (χ1v) is 30.7. The molecule has 2 rings (SSSR count). The monoisotopic (exact) mass is 1120 g/mol. The number of nitrogens with one attached hydrogen (secondary N) is 1. The van der Waals surface area contributed by atoms with Gasteiger partial charge in [0.25, 0.3) is 11.8 Å². The number of amides is 3. The summed E-state index contributed by atoms with van der Waals surface area (Å²) in [5, 5.41) is 13.4. The number of phosphoric acid groups is 1. The third-order valence-electron chi connectivity index (χ3n) is 9.49. The van der Waals surface area contributed by atoms with Crippen molar-refractivity contribution in [1.29, 1.82) is 0 Å². The molecule has 0 spiro atoms. The van der Waals surface area contributed by atoms with E-state index in [9.17, 15) is 28.6 Å². The van der Waals surface area contributed by atoms with Crippen molar-refractivity contribution in [1.82, 2.24) is 10.4 Å². The number of nitrogens with zero attached hydrogens (tertiary/aromatic N) is 1. The molecule has 0 aliphatic carbocycles. The number of hydrogen-bond acceptors (Lipinski definition) is 12. The Bertz CT molecular complexity index is 1660. The lowest BCUT2D eigenvalue weighted by Gasteiger charge is -2.28. The van der Waals surface area contributed by atoms with Gasteiger partial charge in [0.1, 0.15) is 5.75 Å². The van der Waals surface area contributed by atoms with Crippen LogP contribution in [0.1, 0.15) is 216 Å². The fraction of sp³-hybridized carbons (Fsp3) is 0.833. The van der Waals surface area contributed by atoms with Crippen LogP contribution in [0.15, 0.2) is 18.2 Å². The molecule has 1 atom stereocenters. The second-order valence-electron chi connectivity index (χ2n) is 23.2. The Hall–Kier alpha value is -2.05. The van der Waals surface area contributed by atoms with Gasteiger partial charge in [-0.15, -0.1) is 0 Å². The summed E-state index contributed by atoms with van der Waals surface area (Å²) in [7, 11) is -10.1. The minimum atomic E-state index is -4.25. The normalized spacial score (nSPS) is 13.9. The van der Waals surface area contributed by atoms with Crippen LogP contribution < -0.4 is 5.32 Å². The van der Waals surface area contributed by atoms with Crippen molar-refractivity contribution in [3.63, 3.8) is 0 Å². The predicted octanol–water partition coefficient (Wildman–Crippen LogP) is 14.0. The molecule has 74 heavy (non-hydrogen) atoms. The lowest BCUT2D eigenvalue weighted by Crippen LogP contribution is -2.46. The van der Waals surface area contributed by atoms with Gasteiger partial charge >= 0.3 is 24.2 Å². The fourth-order valence-corrected chi connectivity index (χ4v) is 9.41. The Kier molecular flexibility index (Phi) is 44.3. The van der Waals surface area contributed by atoms with E-state index in [1.54, 1.807) is 20.8 Å². The predicted molar refractivity (Wildman–Crippen MR) is 307 cm³/mol. The number of aromatic hydroxyl groups is 1. The van der Waals surface area contributed by atoms with Crippen molar-refractivity contribution < 1.29 is 70.5 Å². The number of benzene rings is 1. The molecule has 5 N–H and O–H groups in total. The zero-order valence-corrected chi connectivity index (χ0v) is 50.7. The minimum Gasteiger partial charge on any atom is -0.508 e. The molecule has 1 aliphatic heterocycles. The van der Waals surface area contributed by atoms with E-state index in [1.807, 2.05) is 60.6 Å². The van der Waals surface area contributed by atoms with Gasteiger partial charge in [-0.1, -0.05) is 117 Å². The van der Waals surface area contributed by atoms with Crippen LogP contribution in [0.5, 0.6) is 5.75 Å². The van der Waals surface area contributed by atoms with Crippen molar-refractivity contribution in [3.05, 3.63) is 29.3 Å². The first kappa shape index (κ1) is 83.3. The molecule has 0 saturated carbocycles. The third kappa shape index (κ3) is 52.0. The maximum atomic E-state index is 11.8. The zero-order valence-electron chi connectivity index (χ0n) is 47.9. The summed E-state index contributed by atoms with van der Waals surface area (Å²) in [6.07, 6.45) is 8.23. The summed E-state index contributed by atoms with van der Waals surface area (Å²) in [4.78, 5) is 64.5. The van der Waals surface area contributed by atoms with Gasteiger partial charge in [-0.05, 0) is 133 Å². The fourth-order valence-electron chi connectivity index (χ4n) is 5.96. The quantitative estimate of drug-likeness (QED) is 0.0314. The number of imide groups is 1. The number of phenols is 1. The molecule has 1 saturated heterocycles. The van der Waals surface area contributed by atoms with Crippen LogP contribution in [0.2, 0.25) is 6.04 Å². The molecule has 20 heteroatoms. The van der Waals surface area contributed by atoms with E-state index in [1.165, 1.54) is 25.1 Å². The number of carbonyl (C=O) groups is 3. The highest BCUT2D eigenvalue weighted by Gasteiger charge is 2.40. The third-order valence-corrected chi connectivity index (χ3v) is 13.8. The molecule has 3 amide bonds. The second kappa shape index (κ2) is 39.3. The van der Waals surface area contributed by atoms with Crippen LogP contribution >= 0.6 is 15.4 Å². The molecule has 1 heterocycles. The summed E-state index contributed by atoms with van der Waals surface area (Å²) in [6.45, 7) is 42.4. The van der Waals surface area contributed by atoms with Gasteiger partial charge in [-0.3, -0.25) is 28.3 Å². The topological polar surface area (TPSA) is 237 Å². The maximum absolute atomic E-state index is 11.8. The van der Waals surface area contributed by atoms with E-state index >= 15 is 0 Å². The van der Waals surface area contributed by atoms with Crippen molar-refractivity contribution in [2.24, 2.45) is 21.7 Å². The molecule has 1 aliphatic rings. The Morgan fingerprint density at radius 2 is 1.08 bits per heavy atom.